The van der Waals surface area contributed by atoms with Crippen molar-refractivity contribution >= 4 is 17.7 Å². The minimum atomic E-state index is -0.598. The first-order valence-corrected chi connectivity index (χ1v) is 12.3. The predicted octanol–water partition coefficient (Wildman–Crippen LogP) is 2.29. The van der Waals surface area contributed by atoms with Crippen LogP contribution in [0.4, 0.5) is 0 Å². The third kappa shape index (κ3) is 4.51. The molecule has 2 heterocycles. The summed E-state index contributed by atoms with van der Waals surface area (Å²) in [6.45, 7) is 0.363. The van der Waals surface area contributed by atoms with Crippen molar-refractivity contribution in [1.82, 2.24) is 15.5 Å². The molecule has 1 saturated heterocycles. The van der Waals surface area contributed by atoms with E-state index in [1.807, 2.05) is 18.2 Å². The van der Waals surface area contributed by atoms with Gasteiger partial charge in [-0.2, -0.15) is 0 Å². The van der Waals surface area contributed by atoms with Crippen molar-refractivity contribution in [2.75, 3.05) is 7.11 Å². The number of methoxy groups -OCH3 is 1. The fourth-order valence-electron chi connectivity index (χ4n) is 5.90. The minimum absolute atomic E-state index is 0.0817. The summed E-state index contributed by atoms with van der Waals surface area (Å²) in [4.78, 5) is 38.3. The summed E-state index contributed by atoms with van der Waals surface area (Å²) < 4.78 is 12.1. The normalized spacial score (nSPS) is 32.1. The Bertz CT molecular complexity index is 935. The summed E-state index contributed by atoms with van der Waals surface area (Å²) in [7, 11) is 1.80. The second-order valence-electron chi connectivity index (χ2n) is 9.74. The lowest BCUT2D eigenvalue weighted by atomic mass is 9.91. The summed E-state index contributed by atoms with van der Waals surface area (Å²) >= 11 is 0. The second-order valence-corrected chi connectivity index (χ2v) is 9.74. The van der Waals surface area contributed by atoms with E-state index in [9.17, 15) is 14.4 Å². The zero-order valence-electron chi connectivity index (χ0n) is 19.2. The molecule has 2 aliphatic heterocycles. The van der Waals surface area contributed by atoms with Crippen molar-refractivity contribution in [1.29, 1.82) is 0 Å². The number of imide groups is 1. The Morgan fingerprint density at radius 3 is 2.55 bits per heavy atom. The summed E-state index contributed by atoms with van der Waals surface area (Å²) in [6.07, 6.45) is 8.85. The van der Waals surface area contributed by atoms with Gasteiger partial charge in [-0.15, -0.1) is 0 Å². The lowest BCUT2D eigenvalue weighted by Gasteiger charge is -2.35. The number of piperidine rings is 1. The summed E-state index contributed by atoms with van der Waals surface area (Å²) in [6, 6.07) is 5.68. The van der Waals surface area contributed by atoms with Gasteiger partial charge in [0.05, 0.1) is 6.10 Å². The Hall–Kier alpha value is -2.45. The summed E-state index contributed by atoms with van der Waals surface area (Å²) in [5.41, 5.74) is 1.48. The summed E-state index contributed by atoms with van der Waals surface area (Å²) in [5.74, 6) is -0.0578. The van der Waals surface area contributed by atoms with Gasteiger partial charge in [0.1, 0.15) is 17.9 Å². The molecule has 8 nitrogen and oxygen atoms in total. The van der Waals surface area contributed by atoms with E-state index in [4.69, 9.17) is 9.47 Å². The fraction of sp³-hybridized carbons (Fsp3) is 0.640. The van der Waals surface area contributed by atoms with E-state index in [0.29, 0.717) is 24.6 Å². The number of ether oxygens (including phenoxy) is 2. The molecule has 1 aromatic rings. The van der Waals surface area contributed by atoms with E-state index in [2.05, 4.69) is 10.6 Å². The molecule has 1 aromatic carbocycles. The Kier molecular flexibility index (Phi) is 6.38. The van der Waals surface area contributed by atoms with Gasteiger partial charge in [-0.1, -0.05) is 6.42 Å². The number of nitrogens with one attached hydrogen (secondary N) is 2. The van der Waals surface area contributed by atoms with Crippen LogP contribution in [0.3, 0.4) is 0 Å². The first-order chi connectivity index (χ1) is 16.0. The van der Waals surface area contributed by atoms with Crippen molar-refractivity contribution in [2.45, 2.75) is 94.7 Å². The van der Waals surface area contributed by atoms with Gasteiger partial charge < -0.3 is 19.7 Å². The SMILES string of the molecule is CO[C@@H]1CCC[C@H]1N[C@H]1CCCC[C@H]1Oc1ccc2c(c1)CN(C1CCC(=O)NC1=O)C2=O. The number of benzene rings is 1. The van der Waals surface area contributed by atoms with E-state index in [1.165, 1.54) is 12.8 Å². The van der Waals surface area contributed by atoms with Crippen LogP contribution < -0.4 is 15.4 Å². The van der Waals surface area contributed by atoms with Crippen LogP contribution >= 0.6 is 0 Å². The van der Waals surface area contributed by atoms with E-state index < -0.39 is 6.04 Å². The molecule has 178 valence electrons. The highest BCUT2D eigenvalue weighted by molar-refractivity contribution is 6.05. The van der Waals surface area contributed by atoms with E-state index in [0.717, 1.165) is 43.4 Å². The highest BCUT2D eigenvalue weighted by Crippen LogP contribution is 2.32. The molecule has 0 radical (unpaired) electrons. The molecule has 5 rings (SSSR count). The molecular weight excluding hydrogens is 422 g/mol. The lowest BCUT2D eigenvalue weighted by molar-refractivity contribution is -0.136. The quantitative estimate of drug-likeness (QED) is 0.639. The zero-order valence-corrected chi connectivity index (χ0v) is 19.2. The van der Waals surface area contributed by atoms with Crippen molar-refractivity contribution in [2.24, 2.45) is 0 Å². The van der Waals surface area contributed by atoms with Crippen LogP contribution in [0.1, 0.15) is 73.7 Å². The van der Waals surface area contributed by atoms with Gasteiger partial charge in [0.15, 0.2) is 0 Å². The van der Waals surface area contributed by atoms with Crippen LogP contribution in [0, 0.1) is 0 Å². The van der Waals surface area contributed by atoms with Gasteiger partial charge in [-0.3, -0.25) is 19.7 Å². The molecule has 2 aliphatic carbocycles. The molecule has 4 aliphatic rings. The Morgan fingerprint density at radius 1 is 0.970 bits per heavy atom. The number of hydrogen-bond donors (Lipinski definition) is 2. The first kappa shape index (κ1) is 22.3. The molecule has 5 atom stereocenters. The molecular formula is C25H33N3O5. The molecule has 2 saturated carbocycles. The highest BCUT2D eigenvalue weighted by Gasteiger charge is 2.39. The maximum absolute atomic E-state index is 12.9. The predicted molar refractivity (Wildman–Crippen MR) is 121 cm³/mol. The number of carbonyl (C=O) groups is 3. The molecule has 3 amide bonds. The average Bonchev–Trinajstić information content (AvgIpc) is 3.39. The highest BCUT2D eigenvalue weighted by atomic mass is 16.5. The number of rotatable bonds is 6. The molecule has 0 aromatic heterocycles. The van der Waals surface area contributed by atoms with Gasteiger partial charge in [0.25, 0.3) is 5.91 Å². The van der Waals surface area contributed by atoms with Crippen LogP contribution in [0.5, 0.6) is 5.75 Å². The van der Waals surface area contributed by atoms with Crippen LogP contribution in [0.15, 0.2) is 18.2 Å². The number of nitrogens with zero attached hydrogens (tertiary/aromatic N) is 1. The van der Waals surface area contributed by atoms with E-state index >= 15 is 0 Å². The number of amides is 3. The lowest BCUT2D eigenvalue weighted by Crippen LogP contribution is -2.52. The van der Waals surface area contributed by atoms with Gasteiger partial charge >= 0.3 is 0 Å². The largest absolute Gasteiger partial charge is 0.489 e. The molecule has 0 bridgehead atoms. The van der Waals surface area contributed by atoms with Gasteiger partial charge in [0, 0.05) is 37.7 Å². The zero-order chi connectivity index (χ0) is 22.9. The Morgan fingerprint density at radius 2 is 1.73 bits per heavy atom. The van der Waals surface area contributed by atoms with Crippen molar-refractivity contribution in [3.8, 4) is 5.75 Å². The van der Waals surface area contributed by atoms with Crippen molar-refractivity contribution < 1.29 is 23.9 Å². The second kappa shape index (κ2) is 9.43. The average molecular weight is 456 g/mol. The monoisotopic (exact) mass is 455 g/mol. The van der Waals surface area contributed by atoms with E-state index in [1.54, 1.807) is 12.0 Å². The fourth-order valence-corrected chi connectivity index (χ4v) is 5.90. The third-order valence-electron chi connectivity index (χ3n) is 7.67. The van der Waals surface area contributed by atoms with E-state index in [-0.39, 0.29) is 42.4 Å². The topological polar surface area (TPSA) is 97.0 Å². The smallest absolute Gasteiger partial charge is 0.255 e. The molecule has 3 fully saturated rings. The molecule has 0 spiro atoms. The molecule has 2 N–H and O–H groups in total. The maximum atomic E-state index is 12.9. The molecule has 33 heavy (non-hydrogen) atoms. The molecule has 8 heteroatoms. The van der Waals surface area contributed by atoms with Crippen LogP contribution in [0.25, 0.3) is 0 Å². The number of fused-ring (bicyclic) bond motifs is 1. The van der Waals surface area contributed by atoms with Crippen molar-refractivity contribution in [3.63, 3.8) is 0 Å². The number of hydrogen-bond acceptors (Lipinski definition) is 6. The van der Waals surface area contributed by atoms with Crippen LogP contribution in [-0.2, 0) is 20.9 Å². The van der Waals surface area contributed by atoms with Crippen molar-refractivity contribution in [3.05, 3.63) is 29.3 Å². The summed E-state index contributed by atoms with van der Waals surface area (Å²) in [5, 5.41) is 6.17. The standard InChI is InChI=1S/C25H33N3O5/c1-32-21-8-4-6-18(21)26-19-5-2-3-7-22(19)33-16-9-10-17-15(13-16)14-28(25(17)31)20-11-12-23(29)27-24(20)30/h9-10,13,18-22,26H,2-8,11-12,14H2,1H3,(H,27,29,30)/t18-,19+,20?,21-,22-/m1/s1. The third-order valence-corrected chi connectivity index (χ3v) is 7.67. The molecule has 1 unspecified atom stereocenters. The number of carbonyl (C=O) groups excluding carboxylic acids is 3. The van der Waals surface area contributed by atoms with Gasteiger partial charge in [-0.05, 0) is 68.7 Å². The Balaban J connectivity index is 1.26. The first-order valence-electron chi connectivity index (χ1n) is 12.3. The van der Waals surface area contributed by atoms with Crippen LogP contribution in [0.2, 0.25) is 0 Å². The Labute approximate surface area is 194 Å². The van der Waals surface area contributed by atoms with Gasteiger partial charge in [0.2, 0.25) is 11.8 Å². The maximum Gasteiger partial charge on any atom is 0.255 e. The van der Waals surface area contributed by atoms with Gasteiger partial charge in [-0.25, -0.2) is 0 Å². The minimum Gasteiger partial charge on any atom is -0.489 e. The van der Waals surface area contributed by atoms with Crippen LogP contribution in [-0.4, -0.2) is 60.1 Å².